The predicted octanol–water partition coefficient (Wildman–Crippen LogP) is 2.45. The van der Waals surface area contributed by atoms with E-state index in [1.165, 1.54) is 12.3 Å². The molecule has 36 heavy (non-hydrogen) atoms. The number of nitrogen functional groups attached to an aromatic ring is 1. The average Bonchev–Trinajstić information content (AvgIpc) is 3.19. The Kier molecular flexibility index (Phi) is 6.67. The van der Waals surface area contributed by atoms with Gasteiger partial charge in [-0.25, -0.2) is 4.79 Å². The van der Waals surface area contributed by atoms with Crippen molar-refractivity contribution in [3.63, 3.8) is 0 Å². The van der Waals surface area contributed by atoms with Crippen LogP contribution in [-0.4, -0.2) is 44.7 Å². The number of benzene rings is 3. The highest BCUT2D eigenvalue weighted by Gasteiger charge is 2.46. The van der Waals surface area contributed by atoms with Crippen LogP contribution in [0.25, 0.3) is 0 Å². The number of aromatic nitrogens is 2. The van der Waals surface area contributed by atoms with Gasteiger partial charge < -0.3 is 25.4 Å². The topological polar surface area (TPSA) is 120 Å². The van der Waals surface area contributed by atoms with Gasteiger partial charge in [-0.3, -0.25) is 4.57 Å². The van der Waals surface area contributed by atoms with Crippen molar-refractivity contribution >= 4 is 5.82 Å². The van der Waals surface area contributed by atoms with E-state index in [1.807, 2.05) is 91.0 Å². The van der Waals surface area contributed by atoms with Gasteiger partial charge in [0.15, 0.2) is 6.23 Å². The lowest BCUT2D eigenvalue weighted by Gasteiger charge is -2.37. The number of nitrogens with two attached hydrogens (primary N) is 1. The Balaban J connectivity index is 1.52. The molecule has 0 bridgehead atoms. The van der Waals surface area contributed by atoms with Crippen molar-refractivity contribution in [3.05, 3.63) is 130 Å². The fourth-order valence-corrected chi connectivity index (χ4v) is 4.69. The number of nitrogens with zero attached hydrogens (tertiary/aromatic N) is 2. The van der Waals surface area contributed by atoms with E-state index < -0.39 is 35.8 Å². The molecule has 0 saturated carbocycles. The van der Waals surface area contributed by atoms with Crippen LogP contribution in [0.15, 0.2) is 108 Å². The van der Waals surface area contributed by atoms with Gasteiger partial charge in [0, 0.05) is 6.20 Å². The highest BCUT2D eigenvalue weighted by molar-refractivity contribution is 5.47. The number of aliphatic hydroxyl groups is 2. The monoisotopic (exact) mass is 485 g/mol. The second-order valence-corrected chi connectivity index (χ2v) is 8.68. The summed E-state index contributed by atoms with van der Waals surface area (Å²) in [6.45, 7) is -0.0649. The molecule has 184 valence electrons. The fraction of sp³-hybridized carbons (Fsp3) is 0.214. The molecule has 8 nitrogen and oxygen atoms in total. The number of aliphatic hydroxyl groups excluding tert-OH is 2. The summed E-state index contributed by atoms with van der Waals surface area (Å²) < 4.78 is 13.8. The van der Waals surface area contributed by atoms with Gasteiger partial charge in [0.05, 0.1) is 6.61 Å². The first-order valence-corrected chi connectivity index (χ1v) is 11.7. The van der Waals surface area contributed by atoms with Crippen molar-refractivity contribution in [2.24, 2.45) is 0 Å². The lowest BCUT2D eigenvalue weighted by molar-refractivity contribution is -0.0958. The fourth-order valence-electron chi connectivity index (χ4n) is 4.69. The molecule has 1 fully saturated rings. The maximum atomic E-state index is 12.3. The largest absolute Gasteiger partial charge is 0.387 e. The number of rotatable bonds is 7. The summed E-state index contributed by atoms with van der Waals surface area (Å²) >= 11 is 0. The van der Waals surface area contributed by atoms with Gasteiger partial charge in [-0.15, -0.1) is 0 Å². The summed E-state index contributed by atoms with van der Waals surface area (Å²) in [7, 11) is 0. The Labute approximate surface area is 208 Å². The molecule has 0 spiro atoms. The van der Waals surface area contributed by atoms with Crippen LogP contribution in [0.4, 0.5) is 5.82 Å². The molecule has 8 heteroatoms. The lowest BCUT2D eigenvalue weighted by Crippen LogP contribution is -2.39. The molecular formula is C28H27N3O5. The van der Waals surface area contributed by atoms with Crippen LogP contribution < -0.4 is 11.4 Å². The summed E-state index contributed by atoms with van der Waals surface area (Å²) in [5.41, 5.74) is 6.56. The molecule has 1 aliphatic rings. The summed E-state index contributed by atoms with van der Waals surface area (Å²) in [6, 6.07) is 30.8. The molecule has 1 aromatic heterocycles. The number of anilines is 1. The Hall–Kier alpha value is -3.82. The molecule has 4 N–H and O–H groups in total. The summed E-state index contributed by atoms with van der Waals surface area (Å²) in [5, 5.41) is 21.5. The summed E-state index contributed by atoms with van der Waals surface area (Å²) in [6.07, 6.45) is -3.31. The Morgan fingerprint density at radius 1 is 0.833 bits per heavy atom. The Morgan fingerprint density at radius 3 is 1.81 bits per heavy atom. The van der Waals surface area contributed by atoms with Crippen LogP contribution in [-0.2, 0) is 15.1 Å². The van der Waals surface area contributed by atoms with Crippen molar-refractivity contribution in [1.82, 2.24) is 9.55 Å². The van der Waals surface area contributed by atoms with E-state index in [0.29, 0.717) is 0 Å². The van der Waals surface area contributed by atoms with Gasteiger partial charge in [-0.2, -0.15) is 4.98 Å². The van der Waals surface area contributed by atoms with Gasteiger partial charge in [0.25, 0.3) is 0 Å². The molecule has 3 aromatic carbocycles. The average molecular weight is 486 g/mol. The predicted molar refractivity (Wildman–Crippen MR) is 134 cm³/mol. The SMILES string of the molecule is Nc1ccn([C@@H]2O[C@H](COC(c3ccccc3)(c3ccccc3)c3ccccc3)[C@@H](O)[C@H]2O)c(=O)n1. The normalized spacial score (nSPS) is 21.9. The van der Waals surface area contributed by atoms with Gasteiger partial charge in [-0.1, -0.05) is 91.0 Å². The van der Waals surface area contributed by atoms with E-state index in [4.69, 9.17) is 15.2 Å². The highest BCUT2D eigenvalue weighted by Crippen LogP contribution is 2.41. The van der Waals surface area contributed by atoms with Crippen LogP contribution in [0.2, 0.25) is 0 Å². The second kappa shape index (κ2) is 10.0. The van der Waals surface area contributed by atoms with Crippen molar-refractivity contribution < 1.29 is 19.7 Å². The molecule has 4 atom stereocenters. The number of hydrogen-bond donors (Lipinski definition) is 3. The van der Waals surface area contributed by atoms with Gasteiger partial charge in [-0.05, 0) is 22.8 Å². The zero-order valence-electron chi connectivity index (χ0n) is 19.4. The van der Waals surface area contributed by atoms with Crippen molar-refractivity contribution in [2.45, 2.75) is 30.1 Å². The molecule has 1 aliphatic heterocycles. The number of hydrogen-bond acceptors (Lipinski definition) is 7. The van der Waals surface area contributed by atoms with Crippen molar-refractivity contribution in [1.29, 1.82) is 0 Å². The van der Waals surface area contributed by atoms with Gasteiger partial charge in [0.1, 0.15) is 29.7 Å². The van der Waals surface area contributed by atoms with Crippen molar-refractivity contribution in [2.75, 3.05) is 12.3 Å². The van der Waals surface area contributed by atoms with Gasteiger partial charge >= 0.3 is 5.69 Å². The van der Waals surface area contributed by atoms with Gasteiger partial charge in [0.2, 0.25) is 0 Å². The van der Waals surface area contributed by atoms with E-state index in [1.54, 1.807) is 0 Å². The standard InChI is InChI=1S/C28H27N3O5/c29-23-16-17-31(27(34)30-23)26-25(33)24(32)22(36-26)18-35-28(19-10-4-1-5-11-19,20-12-6-2-7-13-20)21-14-8-3-9-15-21/h1-17,22,24-26,32-33H,18H2,(H2,29,30,34)/t22-,24-,25-,26-/m1/s1. The third-order valence-electron chi connectivity index (χ3n) is 6.47. The molecular weight excluding hydrogens is 458 g/mol. The molecule has 1 saturated heterocycles. The minimum atomic E-state index is -1.36. The molecule has 0 amide bonds. The highest BCUT2D eigenvalue weighted by atomic mass is 16.6. The molecule has 2 heterocycles. The Morgan fingerprint density at radius 2 is 1.33 bits per heavy atom. The Bertz CT molecular complexity index is 1250. The minimum absolute atomic E-state index is 0.0579. The summed E-state index contributed by atoms with van der Waals surface area (Å²) in [5.74, 6) is 0.0579. The summed E-state index contributed by atoms with van der Waals surface area (Å²) in [4.78, 5) is 16.0. The third-order valence-corrected chi connectivity index (χ3v) is 6.47. The quantitative estimate of drug-likeness (QED) is 0.344. The third kappa shape index (κ3) is 4.31. The first-order valence-electron chi connectivity index (χ1n) is 11.7. The number of ether oxygens (including phenoxy) is 2. The van der Waals surface area contributed by atoms with E-state index >= 15 is 0 Å². The van der Waals surface area contributed by atoms with E-state index in [2.05, 4.69) is 4.98 Å². The maximum absolute atomic E-state index is 12.3. The first kappa shape index (κ1) is 23.9. The molecule has 0 aliphatic carbocycles. The van der Waals surface area contributed by atoms with Crippen LogP contribution in [0.5, 0.6) is 0 Å². The van der Waals surface area contributed by atoms with E-state index in [0.717, 1.165) is 21.3 Å². The zero-order chi connectivity index (χ0) is 25.1. The molecule has 4 aromatic rings. The lowest BCUT2D eigenvalue weighted by atomic mass is 9.80. The smallest absolute Gasteiger partial charge is 0.351 e. The second-order valence-electron chi connectivity index (χ2n) is 8.68. The van der Waals surface area contributed by atoms with E-state index in [-0.39, 0.29) is 12.4 Å². The minimum Gasteiger partial charge on any atom is -0.387 e. The van der Waals surface area contributed by atoms with Crippen LogP contribution in [0, 0.1) is 0 Å². The molecule has 5 rings (SSSR count). The van der Waals surface area contributed by atoms with Crippen LogP contribution in [0.3, 0.4) is 0 Å². The molecule has 0 radical (unpaired) electrons. The van der Waals surface area contributed by atoms with Crippen LogP contribution in [0.1, 0.15) is 22.9 Å². The zero-order valence-corrected chi connectivity index (χ0v) is 19.4. The van der Waals surface area contributed by atoms with Crippen molar-refractivity contribution in [3.8, 4) is 0 Å². The van der Waals surface area contributed by atoms with Crippen LogP contribution >= 0.6 is 0 Å². The first-order chi connectivity index (χ1) is 17.5. The molecule has 0 unspecified atom stereocenters. The van der Waals surface area contributed by atoms with E-state index in [9.17, 15) is 15.0 Å². The maximum Gasteiger partial charge on any atom is 0.351 e.